The molecule has 0 saturated carbocycles. The first-order valence-corrected chi connectivity index (χ1v) is 6.77. The van der Waals surface area contributed by atoms with E-state index >= 15 is 0 Å². The second-order valence-electron chi connectivity index (χ2n) is 5.28. The molecule has 0 amide bonds. The second kappa shape index (κ2) is 6.15. The fourth-order valence-electron chi connectivity index (χ4n) is 2.74. The zero-order valence-corrected chi connectivity index (χ0v) is 11.2. The number of carboxylic acid groups (broad SMARTS) is 1. The summed E-state index contributed by atoms with van der Waals surface area (Å²) in [4.78, 5) is 13.2. The molecular weight excluding hydrogens is 245 g/mol. The molecule has 1 heterocycles. The standard InChI is InChI=1S/C15H20FNO2/c1-11-8-12(4-5-14(11)16)9-13(10-15(18)19)17-6-2-3-7-17/h4-5,8,13H,2-3,6-7,9-10H2,1H3,(H,18,19). The highest BCUT2D eigenvalue weighted by molar-refractivity contribution is 5.67. The molecule has 0 spiro atoms. The van der Waals surface area contributed by atoms with E-state index in [0.29, 0.717) is 12.0 Å². The molecule has 4 heteroatoms. The van der Waals surface area contributed by atoms with Crippen molar-refractivity contribution in [2.24, 2.45) is 0 Å². The van der Waals surface area contributed by atoms with E-state index in [4.69, 9.17) is 5.11 Å². The Balaban J connectivity index is 2.09. The van der Waals surface area contributed by atoms with Crippen molar-refractivity contribution in [3.63, 3.8) is 0 Å². The number of aryl methyl sites for hydroxylation is 1. The molecule has 19 heavy (non-hydrogen) atoms. The number of rotatable bonds is 5. The zero-order valence-electron chi connectivity index (χ0n) is 11.2. The average Bonchev–Trinajstić information content (AvgIpc) is 2.86. The number of hydrogen-bond donors (Lipinski definition) is 1. The Bertz CT molecular complexity index is 455. The van der Waals surface area contributed by atoms with E-state index in [1.165, 1.54) is 6.07 Å². The van der Waals surface area contributed by atoms with Crippen molar-refractivity contribution in [3.05, 3.63) is 35.1 Å². The lowest BCUT2D eigenvalue weighted by atomic mass is 10.0. The van der Waals surface area contributed by atoms with E-state index in [2.05, 4.69) is 4.90 Å². The molecule has 1 aliphatic rings. The van der Waals surface area contributed by atoms with Crippen molar-refractivity contribution in [2.75, 3.05) is 13.1 Å². The summed E-state index contributed by atoms with van der Waals surface area (Å²) in [6.45, 7) is 3.68. The maximum absolute atomic E-state index is 13.2. The zero-order chi connectivity index (χ0) is 13.8. The van der Waals surface area contributed by atoms with Crippen LogP contribution in [0.15, 0.2) is 18.2 Å². The van der Waals surface area contributed by atoms with E-state index in [1.54, 1.807) is 13.0 Å². The summed E-state index contributed by atoms with van der Waals surface area (Å²) in [6, 6.07) is 5.06. The van der Waals surface area contributed by atoms with E-state index in [9.17, 15) is 9.18 Å². The molecule has 1 aromatic carbocycles. The van der Waals surface area contributed by atoms with Crippen LogP contribution in [0.5, 0.6) is 0 Å². The van der Waals surface area contributed by atoms with Gasteiger partial charge in [-0.05, 0) is 56.5 Å². The lowest BCUT2D eigenvalue weighted by molar-refractivity contribution is -0.138. The highest BCUT2D eigenvalue weighted by atomic mass is 19.1. The lowest BCUT2D eigenvalue weighted by Gasteiger charge is -2.26. The summed E-state index contributed by atoms with van der Waals surface area (Å²) in [7, 11) is 0. The first-order valence-electron chi connectivity index (χ1n) is 6.77. The molecule has 1 atom stereocenters. The van der Waals surface area contributed by atoms with E-state index in [1.807, 2.05) is 6.07 Å². The summed E-state index contributed by atoms with van der Waals surface area (Å²) in [5.41, 5.74) is 1.63. The van der Waals surface area contributed by atoms with Gasteiger partial charge in [-0.15, -0.1) is 0 Å². The van der Waals surface area contributed by atoms with Crippen LogP contribution in [0, 0.1) is 12.7 Å². The Labute approximate surface area is 113 Å². The van der Waals surface area contributed by atoms with Gasteiger partial charge in [0.2, 0.25) is 0 Å². The number of aliphatic carboxylic acids is 1. The lowest BCUT2D eigenvalue weighted by Crippen LogP contribution is -2.36. The highest BCUT2D eigenvalue weighted by Gasteiger charge is 2.24. The van der Waals surface area contributed by atoms with Crippen LogP contribution in [0.4, 0.5) is 4.39 Å². The van der Waals surface area contributed by atoms with Crippen LogP contribution >= 0.6 is 0 Å². The SMILES string of the molecule is Cc1cc(CC(CC(=O)O)N2CCCC2)ccc1F. The second-order valence-corrected chi connectivity index (χ2v) is 5.28. The van der Waals surface area contributed by atoms with Crippen molar-refractivity contribution in [1.82, 2.24) is 4.90 Å². The molecular formula is C15H20FNO2. The predicted molar refractivity (Wildman–Crippen MR) is 71.7 cm³/mol. The summed E-state index contributed by atoms with van der Waals surface area (Å²) in [5, 5.41) is 9.03. The van der Waals surface area contributed by atoms with Crippen LogP contribution in [-0.4, -0.2) is 35.1 Å². The summed E-state index contributed by atoms with van der Waals surface area (Å²) >= 11 is 0. The van der Waals surface area contributed by atoms with Gasteiger partial charge in [-0.3, -0.25) is 9.69 Å². The Morgan fingerprint density at radius 1 is 1.42 bits per heavy atom. The molecule has 2 rings (SSSR count). The molecule has 1 saturated heterocycles. The molecule has 3 nitrogen and oxygen atoms in total. The number of carboxylic acids is 1. The van der Waals surface area contributed by atoms with Gasteiger partial charge in [-0.2, -0.15) is 0 Å². The maximum Gasteiger partial charge on any atom is 0.304 e. The largest absolute Gasteiger partial charge is 0.481 e. The van der Waals surface area contributed by atoms with E-state index in [-0.39, 0.29) is 18.3 Å². The Morgan fingerprint density at radius 3 is 2.68 bits per heavy atom. The average molecular weight is 265 g/mol. The Kier molecular flexibility index (Phi) is 4.53. The fourth-order valence-corrected chi connectivity index (χ4v) is 2.74. The van der Waals surface area contributed by atoms with Gasteiger partial charge in [-0.1, -0.05) is 12.1 Å². The minimum atomic E-state index is -0.768. The van der Waals surface area contributed by atoms with Gasteiger partial charge in [0.25, 0.3) is 0 Å². The third-order valence-corrected chi connectivity index (χ3v) is 3.76. The van der Waals surface area contributed by atoms with Gasteiger partial charge in [0.15, 0.2) is 0 Å². The normalized spacial score (nSPS) is 17.6. The van der Waals surface area contributed by atoms with Crippen LogP contribution in [0.3, 0.4) is 0 Å². The summed E-state index contributed by atoms with van der Waals surface area (Å²) in [6.07, 6.45) is 3.10. The molecule has 0 aliphatic carbocycles. The van der Waals surface area contributed by atoms with Crippen molar-refractivity contribution in [1.29, 1.82) is 0 Å². The smallest absolute Gasteiger partial charge is 0.304 e. The molecule has 0 radical (unpaired) electrons. The van der Waals surface area contributed by atoms with Gasteiger partial charge >= 0.3 is 5.97 Å². The number of likely N-dealkylation sites (tertiary alicyclic amines) is 1. The Morgan fingerprint density at radius 2 is 2.11 bits per heavy atom. The minimum absolute atomic E-state index is 0.0184. The number of benzene rings is 1. The molecule has 1 unspecified atom stereocenters. The van der Waals surface area contributed by atoms with Gasteiger partial charge in [0.1, 0.15) is 5.82 Å². The van der Waals surface area contributed by atoms with Crippen LogP contribution in [0.25, 0.3) is 0 Å². The topological polar surface area (TPSA) is 40.5 Å². The number of carbonyl (C=O) groups is 1. The van der Waals surface area contributed by atoms with Gasteiger partial charge < -0.3 is 5.11 Å². The van der Waals surface area contributed by atoms with Gasteiger partial charge in [0.05, 0.1) is 6.42 Å². The molecule has 1 aromatic rings. The molecule has 1 N–H and O–H groups in total. The number of halogens is 1. The van der Waals surface area contributed by atoms with Crippen LogP contribution in [0.1, 0.15) is 30.4 Å². The van der Waals surface area contributed by atoms with Crippen LogP contribution in [0.2, 0.25) is 0 Å². The number of hydrogen-bond acceptors (Lipinski definition) is 2. The van der Waals surface area contributed by atoms with Crippen molar-refractivity contribution >= 4 is 5.97 Å². The van der Waals surface area contributed by atoms with Crippen LogP contribution < -0.4 is 0 Å². The quantitative estimate of drug-likeness (QED) is 0.889. The van der Waals surface area contributed by atoms with Crippen molar-refractivity contribution in [3.8, 4) is 0 Å². The molecule has 104 valence electrons. The van der Waals surface area contributed by atoms with Gasteiger partial charge in [-0.25, -0.2) is 4.39 Å². The first-order chi connectivity index (χ1) is 9.06. The molecule has 0 bridgehead atoms. The molecule has 0 aromatic heterocycles. The third-order valence-electron chi connectivity index (χ3n) is 3.76. The highest BCUT2D eigenvalue weighted by Crippen LogP contribution is 2.19. The van der Waals surface area contributed by atoms with Crippen LogP contribution in [-0.2, 0) is 11.2 Å². The number of nitrogens with zero attached hydrogens (tertiary/aromatic N) is 1. The third kappa shape index (κ3) is 3.77. The summed E-state index contributed by atoms with van der Waals surface area (Å²) in [5.74, 6) is -0.976. The van der Waals surface area contributed by atoms with Crippen molar-refractivity contribution in [2.45, 2.75) is 38.6 Å². The fraction of sp³-hybridized carbons (Fsp3) is 0.533. The maximum atomic E-state index is 13.2. The van der Waals surface area contributed by atoms with E-state index < -0.39 is 5.97 Å². The predicted octanol–water partition coefficient (Wildman–Crippen LogP) is 2.62. The Hall–Kier alpha value is -1.42. The monoisotopic (exact) mass is 265 g/mol. The molecule has 1 fully saturated rings. The summed E-state index contributed by atoms with van der Waals surface area (Å²) < 4.78 is 13.2. The van der Waals surface area contributed by atoms with Crippen molar-refractivity contribution < 1.29 is 14.3 Å². The minimum Gasteiger partial charge on any atom is -0.481 e. The molecule has 1 aliphatic heterocycles. The first kappa shape index (κ1) is 14.0. The van der Waals surface area contributed by atoms with E-state index in [0.717, 1.165) is 31.5 Å². The van der Waals surface area contributed by atoms with Gasteiger partial charge in [0, 0.05) is 6.04 Å².